The minimum atomic E-state index is -2.59. The summed E-state index contributed by atoms with van der Waals surface area (Å²) >= 11 is 4.85. The Kier molecular flexibility index (Phi) is 6.86. The average molecular weight is 380 g/mol. The Hall–Kier alpha value is -2.03. The molecule has 134 valence electrons. The largest absolute Gasteiger partial charge is 0.469 e. The molecule has 0 bridgehead atoms. The summed E-state index contributed by atoms with van der Waals surface area (Å²) in [5.41, 5.74) is 2.26. The van der Waals surface area contributed by atoms with Gasteiger partial charge in [-0.2, -0.15) is 8.42 Å². The van der Waals surface area contributed by atoms with E-state index in [-0.39, 0.29) is 16.9 Å². The third-order valence-corrected chi connectivity index (χ3v) is 4.68. The second-order valence-electron chi connectivity index (χ2n) is 5.69. The number of nitrogens with zero attached hydrogens (tertiary/aromatic N) is 2. The number of rotatable bonds is 6. The molecule has 0 saturated heterocycles. The van der Waals surface area contributed by atoms with Gasteiger partial charge in [0.1, 0.15) is 5.76 Å². The summed E-state index contributed by atoms with van der Waals surface area (Å²) < 4.78 is 29.8. The topological polar surface area (TPSA) is 72.1 Å². The van der Waals surface area contributed by atoms with E-state index >= 15 is 0 Å². The third-order valence-electron chi connectivity index (χ3n) is 3.89. The van der Waals surface area contributed by atoms with Crippen LogP contribution in [0.4, 0.5) is 0 Å². The van der Waals surface area contributed by atoms with Crippen LogP contribution in [0.3, 0.4) is 0 Å². The zero-order valence-electron chi connectivity index (χ0n) is 14.2. The van der Waals surface area contributed by atoms with Crippen LogP contribution in [-0.4, -0.2) is 32.2 Å². The van der Waals surface area contributed by atoms with Gasteiger partial charge >= 0.3 is 10.5 Å². The fraction of sp³-hybridized carbons (Fsp3) is 0.353. The summed E-state index contributed by atoms with van der Waals surface area (Å²) in [5.74, 6) is 1.16. The smallest absolute Gasteiger partial charge is 0.318 e. The predicted molar refractivity (Wildman–Crippen MR) is 98.7 cm³/mol. The highest BCUT2D eigenvalue weighted by Crippen LogP contribution is 2.27. The Labute approximate surface area is 154 Å². The van der Waals surface area contributed by atoms with Crippen molar-refractivity contribution < 1.29 is 17.7 Å². The van der Waals surface area contributed by atoms with Crippen molar-refractivity contribution in [3.05, 3.63) is 59.5 Å². The van der Waals surface area contributed by atoms with Gasteiger partial charge in [-0.3, -0.25) is 4.84 Å². The fourth-order valence-corrected chi connectivity index (χ4v) is 2.81. The van der Waals surface area contributed by atoms with Crippen LogP contribution in [0.1, 0.15) is 42.6 Å². The molecule has 0 saturated carbocycles. The number of hydrogen-bond donors (Lipinski definition) is 0. The van der Waals surface area contributed by atoms with Gasteiger partial charge in [0.25, 0.3) is 0 Å². The molecule has 0 aliphatic carbocycles. The quantitative estimate of drug-likeness (QED) is 0.561. The first-order valence-corrected chi connectivity index (χ1v) is 9.17. The standard InChI is InChI=1S/C17H20N2O4S2/c1-12(11-23-19(3)17(24)18-25(20)21)14-6-4-7-15(10-14)13(2)16-8-5-9-22-16/h4-10,12-13H,11H2,1-3H3. The molecule has 0 aliphatic heterocycles. The number of furan rings is 1. The van der Waals surface area contributed by atoms with Crippen molar-refractivity contribution in [3.8, 4) is 0 Å². The lowest BCUT2D eigenvalue weighted by molar-refractivity contribution is -0.0828. The summed E-state index contributed by atoms with van der Waals surface area (Å²) in [5, 5.41) is 1.04. The summed E-state index contributed by atoms with van der Waals surface area (Å²) in [7, 11) is -1.06. The van der Waals surface area contributed by atoms with E-state index in [1.165, 1.54) is 12.1 Å². The van der Waals surface area contributed by atoms with Crippen molar-refractivity contribution in [2.24, 2.45) is 4.36 Å². The Morgan fingerprint density at radius 1 is 1.28 bits per heavy atom. The van der Waals surface area contributed by atoms with Gasteiger partial charge in [-0.25, -0.2) is 5.06 Å². The molecule has 2 rings (SSSR count). The Balaban J connectivity index is 2.02. The minimum absolute atomic E-state index is 0.0896. The van der Waals surface area contributed by atoms with E-state index in [1.54, 1.807) is 6.26 Å². The predicted octanol–water partition coefficient (Wildman–Crippen LogP) is 3.75. The zero-order valence-corrected chi connectivity index (χ0v) is 15.9. The monoisotopic (exact) mass is 380 g/mol. The van der Waals surface area contributed by atoms with Gasteiger partial charge in [0.15, 0.2) is 0 Å². The summed E-state index contributed by atoms with van der Waals surface area (Å²) in [4.78, 5) is 5.50. The molecule has 8 heteroatoms. The van der Waals surface area contributed by atoms with Gasteiger partial charge in [-0.1, -0.05) is 38.1 Å². The van der Waals surface area contributed by atoms with Gasteiger partial charge in [0.2, 0.25) is 5.11 Å². The molecule has 1 aromatic heterocycles. The van der Waals surface area contributed by atoms with E-state index in [0.717, 1.165) is 16.9 Å². The van der Waals surface area contributed by atoms with Crippen molar-refractivity contribution in [1.82, 2.24) is 5.06 Å². The van der Waals surface area contributed by atoms with Gasteiger partial charge < -0.3 is 4.42 Å². The number of hydrogen-bond acceptors (Lipinski definition) is 5. The van der Waals surface area contributed by atoms with Gasteiger partial charge in [0.05, 0.1) is 12.9 Å². The molecule has 0 amide bonds. The number of hydroxylamine groups is 2. The highest BCUT2D eigenvalue weighted by atomic mass is 32.2. The fourth-order valence-electron chi connectivity index (χ4n) is 2.33. The highest BCUT2D eigenvalue weighted by Gasteiger charge is 2.14. The van der Waals surface area contributed by atoms with Crippen molar-refractivity contribution in [2.75, 3.05) is 13.7 Å². The average Bonchev–Trinajstić information content (AvgIpc) is 3.12. The van der Waals surface area contributed by atoms with Crippen LogP contribution in [0, 0.1) is 0 Å². The molecule has 2 unspecified atom stereocenters. The van der Waals surface area contributed by atoms with Crippen molar-refractivity contribution in [1.29, 1.82) is 0 Å². The van der Waals surface area contributed by atoms with E-state index in [1.807, 2.05) is 31.2 Å². The molecule has 6 nitrogen and oxygen atoms in total. The minimum Gasteiger partial charge on any atom is -0.469 e. The molecule has 0 N–H and O–H groups in total. The third kappa shape index (κ3) is 5.48. The number of thiocarbonyl (C=S) groups is 1. The van der Waals surface area contributed by atoms with Crippen LogP contribution in [0.2, 0.25) is 0 Å². The lowest BCUT2D eigenvalue weighted by Gasteiger charge is -2.20. The zero-order chi connectivity index (χ0) is 18.4. The van der Waals surface area contributed by atoms with Crippen molar-refractivity contribution in [2.45, 2.75) is 25.7 Å². The molecule has 2 atom stereocenters. The second-order valence-corrected chi connectivity index (χ2v) is 6.67. The first kappa shape index (κ1) is 19.3. The Bertz CT molecular complexity index is 839. The van der Waals surface area contributed by atoms with E-state index in [0.29, 0.717) is 6.61 Å². The molecule has 0 radical (unpaired) electrons. The van der Waals surface area contributed by atoms with E-state index in [9.17, 15) is 8.42 Å². The lowest BCUT2D eigenvalue weighted by atomic mass is 9.93. The van der Waals surface area contributed by atoms with E-state index in [2.05, 4.69) is 23.4 Å². The van der Waals surface area contributed by atoms with Crippen LogP contribution in [0.25, 0.3) is 0 Å². The molecule has 2 aromatic rings. The van der Waals surface area contributed by atoms with E-state index < -0.39 is 10.5 Å². The van der Waals surface area contributed by atoms with Crippen molar-refractivity contribution in [3.63, 3.8) is 0 Å². The van der Waals surface area contributed by atoms with Crippen LogP contribution in [0.15, 0.2) is 51.4 Å². The van der Waals surface area contributed by atoms with Crippen LogP contribution < -0.4 is 0 Å². The molecule has 0 aliphatic rings. The highest BCUT2D eigenvalue weighted by molar-refractivity contribution is 7.80. The van der Waals surface area contributed by atoms with Gasteiger partial charge in [-0.05, 0) is 35.5 Å². The lowest BCUT2D eigenvalue weighted by Crippen LogP contribution is -2.25. The Morgan fingerprint density at radius 2 is 2.00 bits per heavy atom. The SMILES string of the molecule is CC(CON(C)C(=S)N=S(=O)=O)c1cccc(C(C)c2ccco2)c1. The molecular formula is C17H20N2O4S2. The Morgan fingerprint density at radius 3 is 2.64 bits per heavy atom. The second kappa shape index (κ2) is 8.89. The first-order valence-electron chi connectivity index (χ1n) is 7.73. The maximum atomic E-state index is 10.5. The summed E-state index contributed by atoms with van der Waals surface area (Å²) in [6.45, 7) is 4.46. The van der Waals surface area contributed by atoms with Crippen LogP contribution in [-0.2, 0) is 15.3 Å². The van der Waals surface area contributed by atoms with Gasteiger partial charge in [-0.15, -0.1) is 4.36 Å². The van der Waals surface area contributed by atoms with Crippen LogP contribution in [0.5, 0.6) is 0 Å². The molecule has 1 aromatic carbocycles. The maximum absolute atomic E-state index is 10.5. The maximum Gasteiger partial charge on any atom is 0.318 e. The molecule has 0 fully saturated rings. The number of benzene rings is 1. The first-order chi connectivity index (χ1) is 11.9. The normalized spacial score (nSPS) is 13.1. The van der Waals surface area contributed by atoms with E-state index in [4.69, 9.17) is 21.5 Å². The summed E-state index contributed by atoms with van der Waals surface area (Å²) in [6, 6.07) is 12.1. The van der Waals surface area contributed by atoms with Gasteiger partial charge in [0, 0.05) is 18.9 Å². The summed E-state index contributed by atoms with van der Waals surface area (Å²) in [6.07, 6.45) is 1.67. The van der Waals surface area contributed by atoms with Crippen LogP contribution >= 0.6 is 12.2 Å². The molecule has 0 spiro atoms. The molecule has 1 heterocycles. The van der Waals surface area contributed by atoms with Crippen molar-refractivity contribution >= 4 is 27.8 Å². The molecule has 25 heavy (non-hydrogen) atoms. The molecular weight excluding hydrogens is 360 g/mol.